The zero-order valence-electron chi connectivity index (χ0n) is 8.26. The summed E-state index contributed by atoms with van der Waals surface area (Å²) in [6, 6.07) is 7.65. The highest BCUT2D eigenvalue weighted by atomic mass is 16.3. The van der Waals surface area contributed by atoms with E-state index in [1.807, 2.05) is 31.3 Å². The minimum absolute atomic E-state index is 0.856. The van der Waals surface area contributed by atoms with Crippen LogP contribution in [0, 0.1) is 0 Å². The van der Waals surface area contributed by atoms with Gasteiger partial charge in [0.1, 0.15) is 5.72 Å². The summed E-state index contributed by atoms with van der Waals surface area (Å²) >= 11 is 0. The average Bonchev–Trinajstić information content (AvgIpc) is 2.18. The Morgan fingerprint density at radius 1 is 1.15 bits per heavy atom. The number of anilines is 1. The Labute approximate surface area is 78.8 Å². The molecule has 0 aliphatic carbocycles. The van der Waals surface area contributed by atoms with Gasteiger partial charge in [0.05, 0.1) is 0 Å². The first-order valence-electron chi connectivity index (χ1n) is 4.29. The summed E-state index contributed by atoms with van der Waals surface area (Å²) in [5.74, 6) is 0. The third-order valence-electron chi connectivity index (χ3n) is 2.22. The second-order valence-corrected chi connectivity index (χ2v) is 3.15. The van der Waals surface area contributed by atoms with Gasteiger partial charge < -0.3 is 10.4 Å². The highest BCUT2D eigenvalue weighted by Gasteiger charge is 2.19. The molecule has 0 saturated heterocycles. The van der Waals surface area contributed by atoms with Crippen molar-refractivity contribution in [1.29, 1.82) is 0 Å². The first-order valence-corrected chi connectivity index (χ1v) is 4.29. The summed E-state index contributed by atoms with van der Waals surface area (Å²) < 4.78 is 0. The SMILES string of the molecule is CNc1ccc(C(C)(O)NC)cc1. The Balaban J connectivity index is 2.92. The molecule has 1 atom stereocenters. The van der Waals surface area contributed by atoms with Crippen LogP contribution in [-0.4, -0.2) is 19.2 Å². The first-order chi connectivity index (χ1) is 6.10. The van der Waals surface area contributed by atoms with Gasteiger partial charge in [-0.15, -0.1) is 0 Å². The lowest BCUT2D eigenvalue weighted by Crippen LogP contribution is -2.36. The van der Waals surface area contributed by atoms with Crippen LogP contribution in [0.2, 0.25) is 0 Å². The molecule has 1 unspecified atom stereocenters. The van der Waals surface area contributed by atoms with Crippen LogP contribution in [0.1, 0.15) is 12.5 Å². The van der Waals surface area contributed by atoms with Crippen LogP contribution in [0.15, 0.2) is 24.3 Å². The fourth-order valence-electron chi connectivity index (χ4n) is 1.11. The van der Waals surface area contributed by atoms with E-state index in [-0.39, 0.29) is 0 Å². The van der Waals surface area contributed by atoms with Crippen molar-refractivity contribution in [1.82, 2.24) is 5.32 Å². The zero-order valence-corrected chi connectivity index (χ0v) is 8.26. The van der Waals surface area contributed by atoms with Gasteiger partial charge in [0.25, 0.3) is 0 Å². The topological polar surface area (TPSA) is 44.3 Å². The van der Waals surface area contributed by atoms with Crippen LogP contribution in [0.3, 0.4) is 0 Å². The number of nitrogens with one attached hydrogen (secondary N) is 2. The highest BCUT2D eigenvalue weighted by Crippen LogP contribution is 2.18. The average molecular weight is 180 g/mol. The summed E-state index contributed by atoms with van der Waals surface area (Å²) in [7, 11) is 3.59. The maximum Gasteiger partial charge on any atom is 0.139 e. The van der Waals surface area contributed by atoms with E-state index in [4.69, 9.17) is 0 Å². The van der Waals surface area contributed by atoms with Gasteiger partial charge >= 0.3 is 0 Å². The van der Waals surface area contributed by atoms with Gasteiger partial charge in [0, 0.05) is 12.7 Å². The van der Waals surface area contributed by atoms with Gasteiger partial charge in [-0.05, 0) is 31.7 Å². The predicted octanol–water partition coefficient (Wildman–Crippen LogP) is 1.11. The molecule has 3 heteroatoms. The van der Waals surface area contributed by atoms with Crippen molar-refractivity contribution in [3.63, 3.8) is 0 Å². The van der Waals surface area contributed by atoms with E-state index < -0.39 is 5.72 Å². The van der Waals surface area contributed by atoms with Crippen molar-refractivity contribution in [2.45, 2.75) is 12.6 Å². The highest BCUT2D eigenvalue weighted by molar-refractivity contribution is 5.44. The van der Waals surface area contributed by atoms with Crippen LogP contribution in [0.5, 0.6) is 0 Å². The molecule has 72 valence electrons. The van der Waals surface area contributed by atoms with Crippen molar-refractivity contribution >= 4 is 5.69 Å². The monoisotopic (exact) mass is 180 g/mol. The van der Waals surface area contributed by atoms with Crippen molar-refractivity contribution < 1.29 is 5.11 Å². The zero-order chi connectivity index (χ0) is 9.90. The lowest BCUT2D eigenvalue weighted by atomic mass is 10.0. The van der Waals surface area contributed by atoms with E-state index in [0.29, 0.717) is 0 Å². The lowest BCUT2D eigenvalue weighted by molar-refractivity contribution is 0.0283. The van der Waals surface area contributed by atoms with Crippen LogP contribution in [-0.2, 0) is 5.72 Å². The van der Waals surface area contributed by atoms with Gasteiger partial charge in [-0.2, -0.15) is 0 Å². The van der Waals surface area contributed by atoms with Gasteiger partial charge in [0.2, 0.25) is 0 Å². The van der Waals surface area contributed by atoms with E-state index in [9.17, 15) is 5.11 Å². The molecule has 13 heavy (non-hydrogen) atoms. The summed E-state index contributed by atoms with van der Waals surface area (Å²) in [6.07, 6.45) is 0. The van der Waals surface area contributed by atoms with Crippen LogP contribution in [0.4, 0.5) is 5.69 Å². The van der Waals surface area contributed by atoms with Crippen molar-refractivity contribution in [3.8, 4) is 0 Å². The molecule has 0 spiro atoms. The van der Waals surface area contributed by atoms with Crippen LogP contribution < -0.4 is 10.6 Å². The maximum absolute atomic E-state index is 9.83. The molecule has 3 N–H and O–H groups in total. The molecule has 0 radical (unpaired) electrons. The number of aliphatic hydroxyl groups is 1. The maximum atomic E-state index is 9.83. The second-order valence-electron chi connectivity index (χ2n) is 3.15. The molecule has 1 rings (SSSR count). The minimum atomic E-state index is -0.952. The van der Waals surface area contributed by atoms with E-state index in [0.717, 1.165) is 11.3 Å². The van der Waals surface area contributed by atoms with E-state index in [1.165, 1.54) is 0 Å². The molecular weight excluding hydrogens is 164 g/mol. The summed E-state index contributed by atoms with van der Waals surface area (Å²) in [5.41, 5.74) is 0.941. The molecule has 3 nitrogen and oxygen atoms in total. The predicted molar refractivity (Wildman–Crippen MR) is 54.6 cm³/mol. The van der Waals surface area contributed by atoms with Crippen molar-refractivity contribution in [3.05, 3.63) is 29.8 Å². The molecule has 0 amide bonds. The molecular formula is C10H16N2O. The van der Waals surface area contributed by atoms with Crippen LogP contribution in [0.25, 0.3) is 0 Å². The molecule has 1 aromatic carbocycles. The molecule has 1 aromatic rings. The summed E-state index contributed by atoms with van der Waals surface area (Å²) in [4.78, 5) is 0. The van der Waals surface area contributed by atoms with Crippen LogP contribution >= 0.6 is 0 Å². The fraction of sp³-hybridized carbons (Fsp3) is 0.400. The van der Waals surface area contributed by atoms with E-state index in [2.05, 4.69) is 10.6 Å². The van der Waals surface area contributed by atoms with E-state index in [1.54, 1.807) is 14.0 Å². The largest absolute Gasteiger partial charge is 0.388 e. The molecule has 0 aliphatic rings. The Hall–Kier alpha value is -1.06. The first kappa shape index (κ1) is 10.0. The minimum Gasteiger partial charge on any atom is -0.388 e. The molecule has 0 heterocycles. The van der Waals surface area contributed by atoms with Gasteiger partial charge in [-0.1, -0.05) is 12.1 Å². The summed E-state index contributed by atoms with van der Waals surface area (Å²) in [5, 5.41) is 15.7. The van der Waals surface area contributed by atoms with Gasteiger partial charge in [0.15, 0.2) is 0 Å². The standard InChI is InChI=1S/C10H16N2O/c1-10(13,12-3)8-4-6-9(11-2)7-5-8/h4-7,11-13H,1-3H3. The molecule has 0 fully saturated rings. The number of hydrogen-bond donors (Lipinski definition) is 3. The lowest BCUT2D eigenvalue weighted by Gasteiger charge is -2.23. The van der Waals surface area contributed by atoms with Gasteiger partial charge in [-0.25, -0.2) is 0 Å². The summed E-state index contributed by atoms with van der Waals surface area (Å²) in [6.45, 7) is 1.72. The molecule has 0 aliphatic heterocycles. The number of rotatable bonds is 3. The molecule has 0 aromatic heterocycles. The number of benzene rings is 1. The fourth-order valence-corrected chi connectivity index (χ4v) is 1.11. The second kappa shape index (κ2) is 3.77. The Morgan fingerprint density at radius 2 is 1.69 bits per heavy atom. The Kier molecular flexibility index (Phi) is 2.90. The normalized spacial score (nSPS) is 15.1. The van der Waals surface area contributed by atoms with E-state index >= 15 is 0 Å². The smallest absolute Gasteiger partial charge is 0.139 e. The third kappa shape index (κ3) is 2.20. The Bertz CT molecular complexity index is 267. The van der Waals surface area contributed by atoms with Gasteiger partial charge in [-0.3, -0.25) is 5.32 Å². The third-order valence-corrected chi connectivity index (χ3v) is 2.22. The van der Waals surface area contributed by atoms with Crippen molar-refractivity contribution in [2.24, 2.45) is 0 Å². The number of hydrogen-bond acceptors (Lipinski definition) is 3. The van der Waals surface area contributed by atoms with Crippen molar-refractivity contribution in [2.75, 3.05) is 19.4 Å². The Morgan fingerprint density at radius 3 is 2.08 bits per heavy atom. The molecule has 0 bridgehead atoms. The molecule has 0 saturated carbocycles. The quantitative estimate of drug-likeness (QED) is 0.611.